The second-order valence-corrected chi connectivity index (χ2v) is 6.61. The molecule has 0 unspecified atom stereocenters. The normalized spacial score (nSPS) is 21.7. The van der Waals surface area contributed by atoms with Crippen LogP contribution in [0.15, 0.2) is 35.8 Å². The lowest BCUT2D eigenvalue weighted by Crippen LogP contribution is -2.32. The van der Waals surface area contributed by atoms with Crippen molar-refractivity contribution < 1.29 is 14.6 Å². The molecule has 0 radical (unpaired) electrons. The third-order valence-corrected chi connectivity index (χ3v) is 4.92. The number of ether oxygens (including phenoxy) is 1. The summed E-state index contributed by atoms with van der Waals surface area (Å²) in [6.45, 7) is 3.01. The molecule has 1 saturated heterocycles. The maximum Gasteiger partial charge on any atom is 0.263 e. The maximum absolute atomic E-state index is 12.4. The molecule has 5 nitrogen and oxygen atoms in total. The number of hydrogen-bond acceptors (Lipinski definition) is 5. The summed E-state index contributed by atoms with van der Waals surface area (Å²) in [7, 11) is 0. The average molecular weight is 332 g/mol. The maximum atomic E-state index is 12.4. The molecule has 1 aliphatic heterocycles. The Morgan fingerprint density at radius 3 is 2.91 bits per heavy atom. The Kier molecular flexibility index (Phi) is 4.93. The van der Waals surface area contributed by atoms with Gasteiger partial charge in [0.1, 0.15) is 11.9 Å². The molecule has 6 heteroatoms. The molecular formula is C17H20N2O3S. The fourth-order valence-electron chi connectivity index (χ4n) is 2.72. The summed E-state index contributed by atoms with van der Waals surface area (Å²) >= 11 is 1.44. The van der Waals surface area contributed by atoms with E-state index in [4.69, 9.17) is 4.74 Å². The van der Waals surface area contributed by atoms with E-state index in [0.29, 0.717) is 31.7 Å². The molecular weight excluding hydrogens is 312 g/mol. The van der Waals surface area contributed by atoms with Crippen LogP contribution in [0.5, 0.6) is 5.75 Å². The van der Waals surface area contributed by atoms with Crippen LogP contribution in [-0.2, 0) is 0 Å². The fourth-order valence-corrected chi connectivity index (χ4v) is 3.41. The molecule has 3 rings (SSSR count). The molecule has 1 fully saturated rings. The van der Waals surface area contributed by atoms with Gasteiger partial charge in [-0.1, -0.05) is 6.07 Å². The van der Waals surface area contributed by atoms with Crippen LogP contribution in [0.3, 0.4) is 0 Å². The molecule has 122 valence electrons. The zero-order valence-corrected chi connectivity index (χ0v) is 13.8. The first-order valence-electron chi connectivity index (χ1n) is 7.74. The Morgan fingerprint density at radius 2 is 2.17 bits per heavy atom. The summed E-state index contributed by atoms with van der Waals surface area (Å²) in [5.74, 6) is 0.722. The van der Waals surface area contributed by atoms with Crippen LogP contribution in [-0.4, -0.2) is 46.2 Å². The molecule has 0 bridgehead atoms. The number of aliphatic hydroxyl groups excluding tert-OH is 1. The molecule has 0 spiro atoms. The van der Waals surface area contributed by atoms with Gasteiger partial charge in [0.2, 0.25) is 0 Å². The van der Waals surface area contributed by atoms with Crippen LogP contribution in [0.1, 0.15) is 28.2 Å². The zero-order valence-electron chi connectivity index (χ0n) is 13.0. The first-order chi connectivity index (χ1) is 11.1. The van der Waals surface area contributed by atoms with Crippen molar-refractivity contribution in [2.45, 2.75) is 32.0 Å². The predicted molar refractivity (Wildman–Crippen MR) is 88.9 cm³/mol. The Morgan fingerprint density at radius 1 is 1.35 bits per heavy atom. The van der Waals surface area contributed by atoms with E-state index in [1.54, 1.807) is 11.1 Å². The van der Waals surface area contributed by atoms with Crippen LogP contribution in [0.4, 0.5) is 0 Å². The monoisotopic (exact) mass is 332 g/mol. The minimum Gasteiger partial charge on any atom is -0.486 e. The third-order valence-electron chi connectivity index (χ3n) is 4.06. The van der Waals surface area contributed by atoms with Gasteiger partial charge in [0, 0.05) is 25.7 Å². The van der Waals surface area contributed by atoms with Gasteiger partial charge in [-0.15, -0.1) is 11.3 Å². The summed E-state index contributed by atoms with van der Waals surface area (Å²) in [6, 6.07) is 7.38. The third kappa shape index (κ3) is 3.71. The van der Waals surface area contributed by atoms with Crippen molar-refractivity contribution in [3.63, 3.8) is 0 Å². The van der Waals surface area contributed by atoms with Crippen molar-refractivity contribution in [2.75, 3.05) is 13.1 Å². The largest absolute Gasteiger partial charge is 0.486 e. The number of aromatic nitrogens is 1. The summed E-state index contributed by atoms with van der Waals surface area (Å²) in [4.78, 5) is 19.2. The standard InChI is InChI=1S/C17H20N2O3S/c1-12-14(4-2-8-18-12)22-15-7-10-19(9-6-13(15)20)17(21)16-5-3-11-23-16/h2-5,8,11,13,15,20H,6-7,9-10H2,1H3/t13-,15-/m0/s1. The van der Waals surface area contributed by atoms with Crippen LogP contribution in [0.2, 0.25) is 0 Å². The van der Waals surface area contributed by atoms with E-state index in [-0.39, 0.29) is 12.0 Å². The number of hydrogen-bond donors (Lipinski definition) is 1. The molecule has 0 aliphatic carbocycles. The van der Waals surface area contributed by atoms with Crippen LogP contribution in [0, 0.1) is 6.92 Å². The number of carbonyl (C=O) groups is 1. The molecule has 3 heterocycles. The topological polar surface area (TPSA) is 62.7 Å². The smallest absolute Gasteiger partial charge is 0.263 e. The SMILES string of the molecule is Cc1ncccc1O[C@H]1CCN(C(=O)c2cccs2)CC[C@@H]1O. The minimum absolute atomic E-state index is 0.0328. The lowest BCUT2D eigenvalue weighted by atomic mass is 10.1. The second kappa shape index (κ2) is 7.10. The van der Waals surface area contributed by atoms with Gasteiger partial charge in [0.25, 0.3) is 5.91 Å². The molecule has 0 saturated carbocycles. The molecule has 2 aromatic heterocycles. The minimum atomic E-state index is -0.587. The van der Waals surface area contributed by atoms with Gasteiger partial charge < -0.3 is 14.7 Å². The highest BCUT2D eigenvalue weighted by atomic mass is 32.1. The van der Waals surface area contributed by atoms with Crippen LogP contribution >= 0.6 is 11.3 Å². The number of rotatable bonds is 3. The average Bonchev–Trinajstić information content (AvgIpc) is 3.03. The van der Waals surface area contributed by atoms with Crippen LogP contribution < -0.4 is 4.74 Å². The summed E-state index contributed by atoms with van der Waals surface area (Å²) in [5.41, 5.74) is 0.801. The highest BCUT2D eigenvalue weighted by Gasteiger charge is 2.29. The predicted octanol–water partition coefficient (Wildman–Crippen LogP) is 2.50. The molecule has 23 heavy (non-hydrogen) atoms. The first kappa shape index (κ1) is 16.0. The lowest BCUT2D eigenvalue weighted by Gasteiger charge is -2.22. The summed E-state index contributed by atoms with van der Waals surface area (Å²) < 4.78 is 5.95. The lowest BCUT2D eigenvalue weighted by molar-refractivity contribution is 0.0343. The molecule has 0 aromatic carbocycles. The van der Waals surface area contributed by atoms with Gasteiger partial charge in [-0.05, 0) is 36.9 Å². The quantitative estimate of drug-likeness (QED) is 0.938. The van der Waals surface area contributed by atoms with Gasteiger partial charge in [-0.25, -0.2) is 0 Å². The number of nitrogens with zero attached hydrogens (tertiary/aromatic N) is 2. The Labute approximate surface area is 139 Å². The molecule has 1 amide bonds. The van der Waals surface area contributed by atoms with Gasteiger partial charge in [-0.2, -0.15) is 0 Å². The number of aryl methyl sites for hydroxylation is 1. The van der Waals surface area contributed by atoms with Crippen molar-refractivity contribution in [2.24, 2.45) is 0 Å². The Bertz CT molecular complexity index is 660. The summed E-state index contributed by atoms with van der Waals surface area (Å²) in [6.07, 6.45) is 1.93. The summed E-state index contributed by atoms with van der Waals surface area (Å²) in [5, 5.41) is 12.3. The van der Waals surface area contributed by atoms with Crippen molar-refractivity contribution >= 4 is 17.2 Å². The number of likely N-dealkylation sites (tertiary alicyclic amines) is 1. The Hall–Kier alpha value is -1.92. The number of carbonyl (C=O) groups excluding carboxylic acids is 1. The van der Waals surface area contributed by atoms with Gasteiger partial charge in [0.05, 0.1) is 16.7 Å². The van der Waals surface area contributed by atoms with Crippen LogP contribution in [0.25, 0.3) is 0 Å². The van der Waals surface area contributed by atoms with E-state index in [1.165, 1.54) is 11.3 Å². The number of thiophene rings is 1. The highest BCUT2D eigenvalue weighted by Crippen LogP contribution is 2.23. The Balaban J connectivity index is 1.66. The first-order valence-corrected chi connectivity index (χ1v) is 8.62. The number of aliphatic hydroxyl groups is 1. The van der Waals surface area contributed by atoms with Crippen molar-refractivity contribution in [1.29, 1.82) is 0 Å². The van der Waals surface area contributed by atoms with Crippen molar-refractivity contribution in [3.8, 4) is 5.75 Å². The van der Waals surface area contributed by atoms with Gasteiger partial charge in [-0.3, -0.25) is 9.78 Å². The van der Waals surface area contributed by atoms with E-state index >= 15 is 0 Å². The van der Waals surface area contributed by atoms with Crippen molar-refractivity contribution in [3.05, 3.63) is 46.4 Å². The second-order valence-electron chi connectivity index (χ2n) is 5.66. The van der Waals surface area contributed by atoms with E-state index in [9.17, 15) is 9.90 Å². The van der Waals surface area contributed by atoms with E-state index < -0.39 is 6.10 Å². The zero-order chi connectivity index (χ0) is 16.2. The number of pyridine rings is 1. The molecule has 2 aromatic rings. The molecule has 1 N–H and O–H groups in total. The van der Waals surface area contributed by atoms with Gasteiger partial charge in [0.15, 0.2) is 0 Å². The van der Waals surface area contributed by atoms with Gasteiger partial charge >= 0.3 is 0 Å². The highest BCUT2D eigenvalue weighted by molar-refractivity contribution is 7.12. The fraction of sp³-hybridized carbons (Fsp3) is 0.412. The molecule has 2 atom stereocenters. The molecule has 1 aliphatic rings. The van der Waals surface area contributed by atoms with E-state index in [2.05, 4.69) is 4.98 Å². The van der Waals surface area contributed by atoms with E-state index in [1.807, 2.05) is 36.6 Å². The van der Waals surface area contributed by atoms with Crippen molar-refractivity contribution in [1.82, 2.24) is 9.88 Å². The number of amides is 1. The van der Waals surface area contributed by atoms with E-state index in [0.717, 1.165) is 10.6 Å².